The molecule has 0 aliphatic carbocycles. The molecule has 4 nitrogen and oxygen atoms in total. The molecule has 2 rings (SSSR count). The number of carboxylic acids is 1. The van der Waals surface area contributed by atoms with E-state index in [2.05, 4.69) is 0 Å². The van der Waals surface area contributed by atoms with E-state index in [9.17, 15) is 9.59 Å². The number of nitrogens with zero attached hydrogens (tertiary/aromatic N) is 1. The van der Waals surface area contributed by atoms with Gasteiger partial charge in [-0.2, -0.15) is 0 Å². The van der Waals surface area contributed by atoms with E-state index in [-0.39, 0.29) is 5.91 Å². The van der Waals surface area contributed by atoms with Gasteiger partial charge in [-0.1, -0.05) is 30.4 Å². The van der Waals surface area contributed by atoms with E-state index in [4.69, 9.17) is 5.11 Å². The fraction of sp³-hybridized carbons (Fsp3) is 0.0769. The lowest BCUT2D eigenvalue weighted by molar-refractivity contribution is -0.131. The summed E-state index contributed by atoms with van der Waals surface area (Å²) in [6.45, 7) is 0.458. The summed E-state index contributed by atoms with van der Waals surface area (Å²) in [4.78, 5) is 23.7. The molecular formula is C13H11NO3. The molecule has 1 aliphatic rings. The molecule has 0 bridgehead atoms. The zero-order chi connectivity index (χ0) is 12.3. The highest BCUT2D eigenvalue weighted by atomic mass is 16.4. The second kappa shape index (κ2) is 4.65. The van der Waals surface area contributed by atoms with Gasteiger partial charge in [0, 0.05) is 18.7 Å². The molecule has 1 aromatic carbocycles. The van der Waals surface area contributed by atoms with Crippen LogP contribution < -0.4 is 4.90 Å². The van der Waals surface area contributed by atoms with Crippen molar-refractivity contribution in [1.82, 2.24) is 0 Å². The number of benzene rings is 1. The molecule has 0 saturated carbocycles. The van der Waals surface area contributed by atoms with Crippen molar-refractivity contribution in [2.45, 2.75) is 0 Å². The van der Waals surface area contributed by atoms with Gasteiger partial charge in [-0.15, -0.1) is 0 Å². The van der Waals surface area contributed by atoms with Crippen molar-refractivity contribution in [3.05, 3.63) is 48.1 Å². The highest BCUT2D eigenvalue weighted by molar-refractivity contribution is 6.05. The molecule has 0 radical (unpaired) electrons. The maximum atomic E-state index is 11.8. The molecule has 0 aromatic heterocycles. The molecule has 1 N–H and O–H groups in total. The number of aliphatic carboxylic acids is 1. The van der Waals surface area contributed by atoms with Gasteiger partial charge in [-0.3, -0.25) is 4.79 Å². The van der Waals surface area contributed by atoms with Crippen molar-refractivity contribution in [1.29, 1.82) is 0 Å². The lowest BCUT2D eigenvalue weighted by atomic mass is 10.1. The number of carboxylic acid groups (broad SMARTS) is 1. The number of amides is 1. The molecule has 0 fully saturated rings. The van der Waals surface area contributed by atoms with Crippen molar-refractivity contribution in [3.8, 4) is 0 Å². The summed E-state index contributed by atoms with van der Waals surface area (Å²) in [5.41, 5.74) is 1.76. The lowest BCUT2D eigenvalue weighted by Crippen LogP contribution is -2.31. The summed E-state index contributed by atoms with van der Waals surface area (Å²) >= 11 is 0. The molecule has 86 valence electrons. The predicted octanol–water partition coefficient (Wildman–Crippen LogP) is 1.69. The van der Waals surface area contributed by atoms with E-state index in [1.807, 2.05) is 36.4 Å². The van der Waals surface area contributed by atoms with Crippen LogP contribution in [0.3, 0.4) is 0 Å². The largest absolute Gasteiger partial charge is 0.478 e. The number of carbonyl (C=O) groups is 2. The normalized spacial score (nSPS) is 13.8. The van der Waals surface area contributed by atoms with Crippen molar-refractivity contribution in [3.63, 3.8) is 0 Å². The van der Waals surface area contributed by atoms with Gasteiger partial charge in [-0.05, 0) is 11.6 Å². The van der Waals surface area contributed by atoms with Gasteiger partial charge in [0.1, 0.15) is 0 Å². The van der Waals surface area contributed by atoms with Crippen LogP contribution in [0, 0.1) is 0 Å². The molecule has 0 atom stereocenters. The highest BCUT2D eigenvalue weighted by Crippen LogP contribution is 2.25. The average Bonchev–Trinajstić information content (AvgIpc) is 2.35. The molecule has 4 heteroatoms. The summed E-state index contributed by atoms with van der Waals surface area (Å²) in [6, 6.07) is 7.49. The van der Waals surface area contributed by atoms with E-state index < -0.39 is 5.97 Å². The van der Waals surface area contributed by atoms with Crippen molar-refractivity contribution < 1.29 is 14.7 Å². The van der Waals surface area contributed by atoms with Gasteiger partial charge >= 0.3 is 5.97 Å². The van der Waals surface area contributed by atoms with Crippen molar-refractivity contribution >= 4 is 23.6 Å². The van der Waals surface area contributed by atoms with Crippen LogP contribution in [-0.4, -0.2) is 23.5 Å². The fourth-order valence-corrected chi connectivity index (χ4v) is 1.70. The number of rotatable bonds is 2. The summed E-state index contributed by atoms with van der Waals surface area (Å²) in [7, 11) is 0. The van der Waals surface area contributed by atoms with Crippen LogP contribution in [0.2, 0.25) is 0 Å². The summed E-state index contributed by atoms with van der Waals surface area (Å²) in [5.74, 6) is -1.46. The third-order valence-electron chi connectivity index (χ3n) is 2.45. The molecule has 1 aliphatic heterocycles. The first-order valence-corrected chi connectivity index (χ1v) is 5.16. The SMILES string of the molecule is O=C(O)C=CC(=O)N1CC=Cc2ccccc21. The van der Waals surface area contributed by atoms with Crippen LogP contribution in [-0.2, 0) is 9.59 Å². The minimum atomic E-state index is -1.13. The Morgan fingerprint density at radius 2 is 2.00 bits per heavy atom. The molecule has 1 aromatic rings. The fourth-order valence-electron chi connectivity index (χ4n) is 1.70. The zero-order valence-electron chi connectivity index (χ0n) is 9.04. The van der Waals surface area contributed by atoms with E-state index in [1.165, 1.54) is 4.90 Å². The minimum Gasteiger partial charge on any atom is -0.478 e. The standard InChI is InChI=1S/C13H11NO3/c15-12(7-8-13(16)17)14-9-3-5-10-4-1-2-6-11(10)14/h1-8H,9H2,(H,16,17). The molecule has 1 amide bonds. The minimum absolute atomic E-state index is 0.329. The third-order valence-corrected chi connectivity index (χ3v) is 2.45. The van der Waals surface area contributed by atoms with E-state index in [1.54, 1.807) is 0 Å². The van der Waals surface area contributed by atoms with E-state index >= 15 is 0 Å². The topological polar surface area (TPSA) is 57.6 Å². The predicted molar refractivity (Wildman–Crippen MR) is 64.6 cm³/mol. The Balaban J connectivity index is 2.27. The molecule has 0 unspecified atom stereocenters. The Labute approximate surface area is 98.5 Å². The van der Waals surface area contributed by atoms with Crippen molar-refractivity contribution in [2.24, 2.45) is 0 Å². The second-order valence-electron chi connectivity index (χ2n) is 3.58. The van der Waals surface area contributed by atoms with Gasteiger partial charge in [-0.25, -0.2) is 4.79 Å². The summed E-state index contributed by atoms with van der Waals surface area (Å²) < 4.78 is 0. The second-order valence-corrected chi connectivity index (χ2v) is 3.58. The molecule has 0 spiro atoms. The van der Waals surface area contributed by atoms with Crippen LogP contribution in [0.1, 0.15) is 5.56 Å². The maximum absolute atomic E-state index is 11.8. The Kier molecular flexibility index (Phi) is 3.05. The lowest BCUT2D eigenvalue weighted by Gasteiger charge is -2.24. The smallest absolute Gasteiger partial charge is 0.328 e. The third kappa shape index (κ3) is 2.42. The van der Waals surface area contributed by atoms with Gasteiger partial charge in [0.2, 0.25) is 0 Å². The molecule has 17 heavy (non-hydrogen) atoms. The van der Waals surface area contributed by atoms with Crippen molar-refractivity contribution in [2.75, 3.05) is 11.4 Å². The van der Waals surface area contributed by atoms with Crippen LogP contribution in [0.5, 0.6) is 0 Å². The first-order valence-electron chi connectivity index (χ1n) is 5.16. The quantitative estimate of drug-likeness (QED) is 0.785. The maximum Gasteiger partial charge on any atom is 0.328 e. The molecule has 1 heterocycles. The number of hydrogen-bond donors (Lipinski definition) is 1. The van der Waals surface area contributed by atoms with E-state index in [0.29, 0.717) is 6.54 Å². The van der Waals surface area contributed by atoms with E-state index in [0.717, 1.165) is 23.4 Å². The van der Waals surface area contributed by atoms with Gasteiger partial charge in [0.15, 0.2) is 0 Å². The Morgan fingerprint density at radius 1 is 1.24 bits per heavy atom. The summed E-state index contributed by atoms with van der Waals surface area (Å²) in [6.07, 6.45) is 5.73. The van der Waals surface area contributed by atoms with Crippen LogP contribution in [0.4, 0.5) is 5.69 Å². The number of carbonyl (C=O) groups excluding carboxylic acids is 1. The number of para-hydroxylation sites is 1. The highest BCUT2D eigenvalue weighted by Gasteiger charge is 2.17. The van der Waals surface area contributed by atoms with Crippen LogP contribution in [0.25, 0.3) is 6.08 Å². The number of fused-ring (bicyclic) bond motifs is 1. The Bertz CT molecular complexity index is 517. The van der Waals surface area contributed by atoms with Gasteiger partial charge in [0.25, 0.3) is 5.91 Å². The molecule has 0 saturated heterocycles. The van der Waals surface area contributed by atoms with Crippen LogP contribution >= 0.6 is 0 Å². The first kappa shape index (κ1) is 11.1. The molecular weight excluding hydrogens is 218 g/mol. The zero-order valence-corrected chi connectivity index (χ0v) is 9.04. The number of hydrogen-bond acceptors (Lipinski definition) is 2. The van der Waals surface area contributed by atoms with Gasteiger partial charge < -0.3 is 10.0 Å². The monoisotopic (exact) mass is 229 g/mol. The number of anilines is 1. The van der Waals surface area contributed by atoms with Crippen LogP contribution in [0.15, 0.2) is 42.5 Å². The average molecular weight is 229 g/mol. The first-order chi connectivity index (χ1) is 8.18. The summed E-state index contributed by atoms with van der Waals surface area (Å²) in [5, 5.41) is 8.48. The van der Waals surface area contributed by atoms with Gasteiger partial charge in [0.05, 0.1) is 5.69 Å². The Hall–Kier alpha value is -2.36. The Morgan fingerprint density at radius 3 is 2.76 bits per heavy atom.